The van der Waals surface area contributed by atoms with Crippen LogP contribution in [0.2, 0.25) is 0 Å². The second-order valence-electron chi connectivity index (χ2n) is 5.92. The maximum Gasteiger partial charge on any atom is 0.113 e. The maximum atomic E-state index is 9.79. The Balaban J connectivity index is 2.09. The highest BCUT2D eigenvalue weighted by atomic mass is 32.1. The summed E-state index contributed by atoms with van der Waals surface area (Å²) in [5.41, 5.74) is 2.23. The molecule has 1 unspecified atom stereocenters. The van der Waals surface area contributed by atoms with E-state index in [9.17, 15) is 5.11 Å². The number of thiazole rings is 1. The lowest BCUT2D eigenvalue weighted by molar-refractivity contribution is 0.173. The van der Waals surface area contributed by atoms with E-state index < -0.39 is 0 Å². The average Bonchev–Trinajstić information content (AvgIpc) is 2.97. The average molecular weight is 278 g/mol. The minimum atomic E-state index is -0.359. The van der Waals surface area contributed by atoms with E-state index in [0.717, 1.165) is 29.2 Å². The number of hydrogen-bond acceptors (Lipinski definition) is 3. The fraction of sp³-hybridized carbons (Fsp3) is 0.533. The highest BCUT2D eigenvalue weighted by Crippen LogP contribution is 2.24. The monoisotopic (exact) mass is 278 g/mol. The van der Waals surface area contributed by atoms with Gasteiger partial charge in [-0.25, -0.2) is 4.98 Å². The molecule has 2 aromatic heterocycles. The zero-order valence-corrected chi connectivity index (χ0v) is 12.9. The number of nitrogens with zero attached hydrogens (tertiary/aromatic N) is 2. The van der Waals surface area contributed by atoms with Crippen molar-refractivity contribution < 1.29 is 5.11 Å². The molecule has 0 aliphatic carbocycles. The summed E-state index contributed by atoms with van der Waals surface area (Å²) in [6.07, 6.45) is 4.40. The molecule has 2 rings (SSSR count). The van der Waals surface area contributed by atoms with Gasteiger partial charge in [-0.15, -0.1) is 11.3 Å². The molecular weight excluding hydrogens is 256 g/mol. The molecule has 4 heteroatoms. The Kier molecular flexibility index (Phi) is 4.11. The molecule has 0 aliphatic rings. The molecule has 1 N–H and O–H groups in total. The number of rotatable bonds is 4. The molecule has 0 saturated heterocycles. The number of hydrogen-bond donors (Lipinski definition) is 1. The van der Waals surface area contributed by atoms with Crippen LogP contribution in [0.5, 0.6) is 0 Å². The van der Waals surface area contributed by atoms with Crippen LogP contribution in [0.1, 0.15) is 56.5 Å². The molecule has 0 bridgehead atoms. The van der Waals surface area contributed by atoms with E-state index in [1.807, 2.05) is 25.4 Å². The van der Waals surface area contributed by atoms with E-state index in [1.54, 1.807) is 11.3 Å². The van der Waals surface area contributed by atoms with Gasteiger partial charge in [-0.3, -0.25) is 0 Å². The van der Waals surface area contributed by atoms with Crippen LogP contribution in [0.4, 0.5) is 0 Å². The maximum absolute atomic E-state index is 9.79. The largest absolute Gasteiger partial charge is 0.388 e. The highest BCUT2D eigenvalue weighted by molar-refractivity contribution is 7.09. The molecule has 0 spiro atoms. The summed E-state index contributed by atoms with van der Waals surface area (Å²) in [5, 5.41) is 13.0. The Labute approximate surface area is 118 Å². The normalized spacial score (nSPS) is 13.7. The quantitative estimate of drug-likeness (QED) is 0.925. The summed E-state index contributed by atoms with van der Waals surface area (Å²) in [5.74, 6) is 0. The third kappa shape index (κ3) is 3.45. The van der Waals surface area contributed by atoms with Crippen molar-refractivity contribution in [1.29, 1.82) is 0 Å². The topological polar surface area (TPSA) is 38.0 Å². The van der Waals surface area contributed by atoms with Gasteiger partial charge in [-0.05, 0) is 18.1 Å². The van der Waals surface area contributed by atoms with E-state index in [0.29, 0.717) is 0 Å². The zero-order valence-electron chi connectivity index (χ0n) is 12.1. The summed E-state index contributed by atoms with van der Waals surface area (Å²) < 4.78 is 2.08. The predicted octanol–water partition coefficient (Wildman–Crippen LogP) is 3.73. The van der Waals surface area contributed by atoms with Crippen molar-refractivity contribution in [3.8, 4) is 0 Å². The van der Waals surface area contributed by atoms with Crippen molar-refractivity contribution in [3.63, 3.8) is 0 Å². The Morgan fingerprint density at radius 1 is 1.42 bits per heavy atom. The van der Waals surface area contributed by atoms with Crippen molar-refractivity contribution in [1.82, 2.24) is 9.55 Å². The fourth-order valence-electron chi connectivity index (χ4n) is 1.87. The minimum absolute atomic E-state index is 0.106. The molecular formula is C15H22N2OS. The van der Waals surface area contributed by atoms with Gasteiger partial charge in [0.1, 0.15) is 5.01 Å². The summed E-state index contributed by atoms with van der Waals surface area (Å²) >= 11 is 1.70. The summed E-state index contributed by atoms with van der Waals surface area (Å²) in [4.78, 5) is 4.69. The van der Waals surface area contributed by atoms with Crippen molar-refractivity contribution in [3.05, 3.63) is 40.1 Å². The molecule has 2 aromatic rings. The van der Waals surface area contributed by atoms with Crippen LogP contribution in [0.25, 0.3) is 0 Å². The molecule has 0 fully saturated rings. The molecule has 1 atom stereocenters. The summed E-state index contributed by atoms with van der Waals surface area (Å²) in [7, 11) is 0. The molecule has 3 nitrogen and oxygen atoms in total. The van der Waals surface area contributed by atoms with E-state index in [1.165, 1.54) is 0 Å². The Morgan fingerprint density at radius 3 is 2.74 bits per heavy atom. The Bertz CT molecular complexity index is 536. The van der Waals surface area contributed by atoms with Crippen LogP contribution >= 0.6 is 11.3 Å². The van der Waals surface area contributed by atoms with Gasteiger partial charge in [0.15, 0.2) is 0 Å². The molecule has 0 amide bonds. The molecule has 0 aromatic carbocycles. The second kappa shape index (κ2) is 5.47. The van der Waals surface area contributed by atoms with E-state index >= 15 is 0 Å². The number of aromatic nitrogens is 2. The lowest BCUT2D eigenvalue weighted by Crippen LogP contribution is -2.11. The van der Waals surface area contributed by atoms with Gasteiger partial charge in [-0.2, -0.15) is 0 Å². The van der Waals surface area contributed by atoms with Crippen molar-refractivity contribution >= 4 is 11.3 Å². The van der Waals surface area contributed by atoms with Gasteiger partial charge < -0.3 is 9.67 Å². The van der Waals surface area contributed by atoms with Gasteiger partial charge in [0.2, 0.25) is 0 Å². The van der Waals surface area contributed by atoms with Crippen LogP contribution in [0.15, 0.2) is 23.8 Å². The van der Waals surface area contributed by atoms with E-state index in [4.69, 9.17) is 0 Å². The smallest absolute Gasteiger partial charge is 0.113 e. The van der Waals surface area contributed by atoms with Crippen LogP contribution < -0.4 is 0 Å². The van der Waals surface area contributed by atoms with Crippen LogP contribution in [0.3, 0.4) is 0 Å². The first-order valence-corrected chi connectivity index (χ1v) is 7.56. The van der Waals surface area contributed by atoms with Crippen LogP contribution in [-0.4, -0.2) is 14.7 Å². The van der Waals surface area contributed by atoms with Crippen molar-refractivity contribution in [2.75, 3.05) is 0 Å². The van der Waals surface area contributed by atoms with E-state index in [2.05, 4.69) is 35.7 Å². The highest BCUT2D eigenvalue weighted by Gasteiger charge is 2.17. The van der Waals surface area contributed by atoms with E-state index in [-0.39, 0.29) is 11.5 Å². The number of aliphatic hydroxyl groups is 1. The van der Waals surface area contributed by atoms with Crippen LogP contribution in [-0.2, 0) is 12.0 Å². The second-order valence-corrected chi connectivity index (χ2v) is 6.86. The van der Waals surface area contributed by atoms with Crippen LogP contribution in [0, 0.1) is 0 Å². The first kappa shape index (κ1) is 14.3. The molecule has 2 heterocycles. The number of aliphatic hydroxyl groups excluding tert-OH is 1. The summed E-state index contributed by atoms with van der Waals surface area (Å²) in [6, 6.07) is 1.98. The van der Waals surface area contributed by atoms with Gasteiger partial charge >= 0.3 is 0 Å². The standard InChI is InChI=1S/C15H22N2OS/c1-5-12(18)11-6-7-17(8-11)9-14-16-13(10-19-14)15(2,3)4/h6-8,10,12,18H,5,9H2,1-4H3. The fourth-order valence-corrected chi connectivity index (χ4v) is 2.90. The summed E-state index contributed by atoms with van der Waals surface area (Å²) in [6.45, 7) is 9.29. The first-order chi connectivity index (χ1) is 8.90. The molecule has 0 radical (unpaired) electrons. The Morgan fingerprint density at radius 2 is 2.16 bits per heavy atom. The third-order valence-electron chi connectivity index (χ3n) is 3.18. The predicted molar refractivity (Wildman–Crippen MR) is 79.6 cm³/mol. The van der Waals surface area contributed by atoms with Gasteiger partial charge in [-0.1, -0.05) is 27.7 Å². The third-order valence-corrected chi connectivity index (χ3v) is 4.02. The molecule has 0 aliphatic heterocycles. The van der Waals surface area contributed by atoms with Gasteiger partial charge in [0, 0.05) is 23.2 Å². The van der Waals surface area contributed by atoms with Gasteiger partial charge in [0.05, 0.1) is 18.3 Å². The first-order valence-electron chi connectivity index (χ1n) is 6.68. The molecule has 19 heavy (non-hydrogen) atoms. The molecule has 0 saturated carbocycles. The Hall–Kier alpha value is -1.13. The van der Waals surface area contributed by atoms with Gasteiger partial charge in [0.25, 0.3) is 0 Å². The minimum Gasteiger partial charge on any atom is -0.388 e. The van der Waals surface area contributed by atoms with Crippen molar-refractivity contribution in [2.24, 2.45) is 0 Å². The SMILES string of the molecule is CCC(O)c1ccn(Cc2nc(C(C)(C)C)cs2)c1. The zero-order chi connectivity index (χ0) is 14.0. The lowest BCUT2D eigenvalue weighted by atomic mass is 9.93. The lowest BCUT2D eigenvalue weighted by Gasteiger charge is -2.14. The van der Waals surface area contributed by atoms with Crippen molar-refractivity contribution in [2.45, 2.75) is 52.2 Å². The molecule has 104 valence electrons.